The Labute approximate surface area is 117 Å². The second kappa shape index (κ2) is 6.60. The van der Waals surface area contributed by atoms with E-state index in [2.05, 4.69) is 12.2 Å². The van der Waals surface area contributed by atoms with Crippen LogP contribution >= 0.6 is 23.4 Å². The van der Waals surface area contributed by atoms with Gasteiger partial charge in [-0.3, -0.25) is 4.79 Å². The average molecular weight is 284 g/mol. The van der Waals surface area contributed by atoms with Gasteiger partial charge in [-0.1, -0.05) is 18.5 Å². The molecule has 1 aliphatic rings. The number of carbonyl (C=O) groups is 1. The van der Waals surface area contributed by atoms with E-state index < -0.39 is 0 Å². The predicted molar refractivity (Wildman–Crippen MR) is 77.8 cm³/mol. The van der Waals surface area contributed by atoms with Gasteiger partial charge in [0.2, 0.25) is 0 Å². The molecule has 0 saturated carbocycles. The molecular weight excluding hydrogens is 266 g/mol. The molecule has 18 heavy (non-hydrogen) atoms. The SMILES string of the molecule is CCCSc1ccc(Cl)cc1C(=O)C1CCCN1. The van der Waals surface area contributed by atoms with Gasteiger partial charge in [-0.05, 0) is 49.8 Å². The molecular formula is C14H18ClNOS. The zero-order valence-corrected chi connectivity index (χ0v) is 12.1. The zero-order chi connectivity index (χ0) is 13.0. The topological polar surface area (TPSA) is 29.1 Å². The summed E-state index contributed by atoms with van der Waals surface area (Å²) in [4.78, 5) is 13.5. The molecule has 1 aliphatic heterocycles. The summed E-state index contributed by atoms with van der Waals surface area (Å²) in [7, 11) is 0. The van der Waals surface area contributed by atoms with Gasteiger partial charge >= 0.3 is 0 Å². The summed E-state index contributed by atoms with van der Waals surface area (Å²) in [5.74, 6) is 1.22. The number of benzene rings is 1. The fraction of sp³-hybridized carbons (Fsp3) is 0.500. The smallest absolute Gasteiger partial charge is 0.180 e. The van der Waals surface area contributed by atoms with Crippen LogP contribution in [0.25, 0.3) is 0 Å². The lowest BCUT2D eigenvalue weighted by molar-refractivity contribution is 0.0949. The number of ketones is 1. The van der Waals surface area contributed by atoms with Crippen molar-refractivity contribution in [3.8, 4) is 0 Å². The zero-order valence-electron chi connectivity index (χ0n) is 10.5. The molecule has 0 amide bonds. The molecule has 0 aromatic heterocycles. The monoisotopic (exact) mass is 283 g/mol. The second-order valence-corrected chi connectivity index (χ2v) is 6.08. The normalized spacial score (nSPS) is 19.1. The van der Waals surface area contributed by atoms with Gasteiger partial charge in [0.25, 0.3) is 0 Å². The highest BCUT2D eigenvalue weighted by Crippen LogP contribution is 2.28. The number of nitrogens with one attached hydrogen (secondary N) is 1. The minimum absolute atomic E-state index is 0.0237. The second-order valence-electron chi connectivity index (χ2n) is 4.50. The molecule has 1 heterocycles. The van der Waals surface area contributed by atoms with Gasteiger partial charge in [0.1, 0.15) is 0 Å². The van der Waals surface area contributed by atoms with Crippen molar-refractivity contribution in [3.63, 3.8) is 0 Å². The Morgan fingerprint density at radius 2 is 2.39 bits per heavy atom. The van der Waals surface area contributed by atoms with Gasteiger partial charge in [-0.2, -0.15) is 0 Å². The van der Waals surface area contributed by atoms with Gasteiger partial charge in [0.05, 0.1) is 6.04 Å². The standard InChI is InChI=1S/C14H18ClNOS/c1-2-8-18-13-6-5-10(15)9-11(13)14(17)12-4-3-7-16-12/h5-6,9,12,16H,2-4,7-8H2,1H3. The summed E-state index contributed by atoms with van der Waals surface area (Å²) in [6, 6.07) is 5.61. The largest absolute Gasteiger partial charge is 0.307 e. The fourth-order valence-electron chi connectivity index (χ4n) is 2.13. The van der Waals surface area contributed by atoms with E-state index in [-0.39, 0.29) is 11.8 Å². The molecule has 1 aromatic carbocycles. The number of Topliss-reactive ketones (excluding diaryl/α,β-unsaturated/α-hetero) is 1. The highest BCUT2D eigenvalue weighted by molar-refractivity contribution is 7.99. The highest BCUT2D eigenvalue weighted by atomic mass is 35.5. The number of rotatable bonds is 5. The molecule has 98 valence electrons. The van der Waals surface area contributed by atoms with Crippen molar-refractivity contribution in [2.75, 3.05) is 12.3 Å². The first kappa shape index (κ1) is 13.9. The first-order valence-electron chi connectivity index (χ1n) is 6.42. The van der Waals surface area contributed by atoms with Gasteiger partial charge in [-0.25, -0.2) is 0 Å². The molecule has 0 aliphatic carbocycles. The third-order valence-electron chi connectivity index (χ3n) is 3.05. The predicted octanol–water partition coefficient (Wildman–Crippen LogP) is 3.78. The van der Waals surface area contributed by atoms with Crippen LogP contribution < -0.4 is 5.32 Å². The summed E-state index contributed by atoms with van der Waals surface area (Å²) in [5.41, 5.74) is 0.778. The lowest BCUT2D eigenvalue weighted by atomic mass is 10.0. The average Bonchev–Trinajstić information content (AvgIpc) is 2.90. The van der Waals surface area contributed by atoms with Gasteiger partial charge < -0.3 is 5.32 Å². The first-order chi connectivity index (χ1) is 8.72. The number of carbonyl (C=O) groups excluding carboxylic acids is 1. The Balaban J connectivity index is 2.22. The van der Waals surface area contributed by atoms with Gasteiger partial charge in [-0.15, -0.1) is 11.8 Å². The maximum Gasteiger partial charge on any atom is 0.180 e. The van der Waals surface area contributed by atoms with Crippen LogP contribution in [-0.4, -0.2) is 24.1 Å². The molecule has 2 rings (SSSR count). The van der Waals surface area contributed by atoms with Crippen molar-refractivity contribution < 1.29 is 4.79 Å². The van der Waals surface area contributed by atoms with Crippen LogP contribution in [0.2, 0.25) is 5.02 Å². The summed E-state index contributed by atoms with van der Waals surface area (Å²) in [5, 5.41) is 3.89. The van der Waals surface area contributed by atoms with Crippen molar-refractivity contribution in [2.24, 2.45) is 0 Å². The lowest BCUT2D eigenvalue weighted by Gasteiger charge is -2.13. The third-order valence-corrected chi connectivity index (χ3v) is 4.56. The van der Waals surface area contributed by atoms with Crippen LogP contribution in [0.4, 0.5) is 0 Å². The Bertz CT molecular complexity index is 430. The Morgan fingerprint density at radius 1 is 1.56 bits per heavy atom. The van der Waals surface area contributed by atoms with Crippen LogP contribution in [-0.2, 0) is 0 Å². The molecule has 0 spiro atoms. The van der Waals surface area contributed by atoms with Gasteiger partial charge in [0, 0.05) is 15.5 Å². The van der Waals surface area contributed by atoms with Crippen molar-refractivity contribution in [1.29, 1.82) is 0 Å². The van der Waals surface area contributed by atoms with Crippen LogP contribution in [0.5, 0.6) is 0 Å². The number of hydrogen-bond acceptors (Lipinski definition) is 3. The van der Waals surface area contributed by atoms with E-state index in [0.29, 0.717) is 5.02 Å². The molecule has 4 heteroatoms. The molecule has 1 unspecified atom stereocenters. The Morgan fingerprint density at radius 3 is 3.06 bits per heavy atom. The molecule has 2 nitrogen and oxygen atoms in total. The molecule has 1 atom stereocenters. The molecule has 1 fully saturated rings. The van der Waals surface area contributed by atoms with E-state index >= 15 is 0 Å². The maximum atomic E-state index is 12.4. The van der Waals surface area contributed by atoms with Crippen LogP contribution in [0.15, 0.2) is 23.1 Å². The molecule has 1 aromatic rings. The quantitative estimate of drug-likeness (QED) is 0.659. The van der Waals surface area contributed by atoms with Crippen molar-refractivity contribution in [1.82, 2.24) is 5.32 Å². The minimum atomic E-state index is -0.0237. The van der Waals surface area contributed by atoms with Crippen molar-refractivity contribution in [2.45, 2.75) is 37.1 Å². The van der Waals surface area contributed by atoms with E-state index in [1.165, 1.54) is 0 Å². The molecule has 1 N–H and O–H groups in total. The summed E-state index contributed by atoms with van der Waals surface area (Å²) in [6.45, 7) is 3.08. The maximum absolute atomic E-state index is 12.4. The Kier molecular flexibility index (Phi) is 5.10. The minimum Gasteiger partial charge on any atom is -0.307 e. The number of thioether (sulfide) groups is 1. The first-order valence-corrected chi connectivity index (χ1v) is 7.78. The fourth-order valence-corrected chi connectivity index (χ4v) is 3.20. The third kappa shape index (κ3) is 3.28. The number of halogens is 1. The van der Waals surface area contributed by atoms with E-state index in [9.17, 15) is 4.79 Å². The summed E-state index contributed by atoms with van der Waals surface area (Å²) >= 11 is 7.76. The van der Waals surface area contributed by atoms with Crippen molar-refractivity contribution in [3.05, 3.63) is 28.8 Å². The summed E-state index contributed by atoms with van der Waals surface area (Å²) < 4.78 is 0. The van der Waals surface area contributed by atoms with E-state index in [0.717, 1.165) is 42.0 Å². The molecule has 0 bridgehead atoms. The van der Waals surface area contributed by atoms with Crippen LogP contribution in [0.1, 0.15) is 36.5 Å². The van der Waals surface area contributed by atoms with E-state index in [1.807, 2.05) is 18.2 Å². The highest BCUT2D eigenvalue weighted by Gasteiger charge is 2.25. The van der Waals surface area contributed by atoms with Crippen LogP contribution in [0, 0.1) is 0 Å². The van der Waals surface area contributed by atoms with Crippen LogP contribution in [0.3, 0.4) is 0 Å². The summed E-state index contributed by atoms with van der Waals surface area (Å²) in [6.07, 6.45) is 3.11. The van der Waals surface area contributed by atoms with Crippen molar-refractivity contribution >= 4 is 29.1 Å². The molecule has 1 saturated heterocycles. The lowest BCUT2D eigenvalue weighted by Crippen LogP contribution is -2.31. The van der Waals surface area contributed by atoms with E-state index in [1.54, 1.807) is 11.8 Å². The van der Waals surface area contributed by atoms with Gasteiger partial charge in [0.15, 0.2) is 5.78 Å². The van der Waals surface area contributed by atoms with E-state index in [4.69, 9.17) is 11.6 Å². The Hall–Kier alpha value is -0.510. The number of hydrogen-bond donors (Lipinski definition) is 1. The molecule has 0 radical (unpaired) electrons.